The summed E-state index contributed by atoms with van der Waals surface area (Å²) in [5.74, 6) is -1.01. The van der Waals surface area contributed by atoms with E-state index in [9.17, 15) is 18.8 Å². The van der Waals surface area contributed by atoms with E-state index in [-0.39, 0.29) is 24.7 Å². The number of halogens is 1. The summed E-state index contributed by atoms with van der Waals surface area (Å²) in [6, 6.07) is 11.8. The summed E-state index contributed by atoms with van der Waals surface area (Å²) in [5.41, 5.74) is 0.605. The second-order valence-electron chi connectivity index (χ2n) is 6.73. The van der Waals surface area contributed by atoms with Gasteiger partial charge in [0.1, 0.15) is 11.6 Å². The summed E-state index contributed by atoms with van der Waals surface area (Å²) in [6.07, 6.45) is 0.00431. The Bertz CT molecular complexity index is 937. The molecule has 4 amide bonds. The number of rotatable bonds is 6. The van der Waals surface area contributed by atoms with Crippen molar-refractivity contribution in [3.8, 4) is 5.75 Å². The van der Waals surface area contributed by atoms with Crippen LogP contribution in [-0.4, -0.2) is 43.6 Å². The van der Waals surface area contributed by atoms with Crippen molar-refractivity contribution >= 4 is 29.2 Å². The van der Waals surface area contributed by atoms with E-state index in [1.165, 1.54) is 18.2 Å². The van der Waals surface area contributed by atoms with Crippen LogP contribution in [0.25, 0.3) is 0 Å². The number of nitrogens with zero attached hydrogens (tertiary/aromatic N) is 1. The Morgan fingerprint density at radius 2 is 1.87 bits per heavy atom. The van der Waals surface area contributed by atoms with Crippen molar-refractivity contribution in [3.05, 3.63) is 54.3 Å². The second-order valence-corrected chi connectivity index (χ2v) is 6.73. The highest BCUT2D eigenvalue weighted by Crippen LogP contribution is 2.32. The Labute approximate surface area is 173 Å². The smallest absolute Gasteiger partial charge is 0.326 e. The summed E-state index contributed by atoms with van der Waals surface area (Å²) in [5, 5.41) is 7.25. The lowest BCUT2D eigenvalue weighted by atomic mass is 10.1. The molecule has 1 atom stereocenters. The number of fused-ring (bicyclic) bond motifs is 1. The summed E-state index contributed by atoms with van der Waals surface area (Å²) in [7, 11) is 0. The molecule has 3 N–H and O–H groups in total. The molecule has 0 aliphatic carbocycles. The summed E-state index contributed by atoms with van der Waals surface area (Å²) < 4.78 is 19.4. The highest BCUT2D eigenvalue weighted by atomic mass is 19.1. The van der Waals surface area contributed by atoms with Crippen LogP contribution in [0.4, 0.5) is 20.6 Å². The van der Waals surface area contributed by atoms with Crippen molar-refractivity contribution in [3.63, 3.8) is 0 Å². The van der Waals surface area contributed by atoms with Crippen LogP contribution in [0.1, 0.15) is 13.3 Å². The molecule has 2 aromatic carbocycles. The normalized spacial score (nSPS) is 14.9. The molecule has 0 saturated heterocycles. The molecule has 9 heteroatoms. The van der Waals surface area contributed by atoms with Gasteiger partial charge in [0.2, 0.25) is 5.91 Å². The Morgan fingerprint density at radius 3 is 2.63 bits per heavy atom. The zero-order valence-corrected chi connectivity index (χ0v) is 16.5. The average molecular weight is 414 g/mol. The molecule has 0 radical (unpaired) electrons. The third kappa shape index (κ3) is 5.25. The number of urea groups is 1. The number of hydrogen-bond acceptors (Lipinski definition) is 5. The molecule has 0 bridgehead atoms. The largest absolute Gasteiger partial charge is 0.477 e. The molecule has 1 aliphatic heterocycles. The molecule has 0 aromatic heterocycles. The predicted octanol–water partition coefficient (Wildman–Crippen LogP) is 2.27. The van der Waals surface area contributed by atoms with Crippen LogP contribution < -0.4 is 25.6 Å². The van der Waals surface area contributed by atoms with E-state index in [4.69, 9.17) is 4.74 Å². The Morgan fingerprint density at radius 1 is 1.13 bits per heavy atom. The zero-order chi connectivity index (χ0) is 21.5. The van der Waals surface area contributed by atoms with Crippen molar-refractivity contribution in [1.29, 1.82) is 0 Å². The number of carbonyl (C=O) groups is 3. The molecule has 3 rings (SSSR count). The van der Waals surface area contributed by atoms with Gasteiger partial charge >= 0.3 is 6.03 Å². The Kier molecular flexibility index (Phi) is 6.84. The van der Waals surface area contributed by atoms with Crippen molar-refractivity contribution in [1.82, 2.24) is 10.6 Å². The summed E-state index contributed by atoms with van der Waals surface area (Å²) in [4.78, 5) is 38.5. The maximum absolute atomic E-state index is 13.6. The van der Waals surface area contributed by atoms with Gasteiger partial charge in [-0.15, -0.1) is 0 Å². The molecule has 1 heterocycles. The van der Waals surface area contributed by atoms with E-state index in [2.05, 4.69) is 16.0 Å². The predicted molar refractivity (Wildman–Crippen MR) is 110 cm³/mol. The topological polar surface area (TPSA) is 99.8 Å². The van der Waals surface area contributed by atoms with Crippen LogP contribution in [0.3, 0.4) is 0 Å². The van der Waals surface area contributed by atoms with E-state index in [0.717, 1.165) is 6.42 Å². The summed E-state index contributed by atoms with van der Waals surface area (Å²) in [6.45, 7) is 2.44. The van der Waals surface area contributed by atoms with E-state index >= 15 is 0 Å². The first-order chi connectivity index (χ1) is 14.5. The van der Waals surface area contributed by atoms with Gasteiger partial charge in [-0.3, -0.25) is 14.9 Å². The highest BCUT2D eigenvalue weighted by molar-refractivity contribution is 6.02. The number of ether oxygens (including phenoxy) is 1. The van der Waals surface area contributed by atoms with Crippen LogP contribution >= 0.6 is 0 Å². The zero-order valence-electron chi connectivity index (χ0n) is 16.5. The number of imide groups is 1. The first-order valence-corrected chi connectivity index (χ1v) is 9.61. The van der Waals surface area contributed by atoms with Crippen LogP contribution in [0.5, 0.6) is 5.75 Å². The molecule has 158 valence electrons. The minimum atomic E-state index is -0.844. The first-order valence-electron chi connectivity index (χ1n) is 9.61. The molecule has 0 fully saturated rings. The van der Waals surface area contributed by atoms with Crippen LogP contribution in [0.15, 0.2) is 48.5 Å². The van der Waals surface area contributed by atoms with Crippen molar-refractivity contribution in [2.45, 2.75) is 19.4 Å². The standard InChI is InChI=1S/C21H23FN4O4/c1-2-11-23-20(28)18-12-26(16-9-5-6-10-17(16)30-18)13-19(27)25-21(29)24-15-8-4-3-7-14(15)22/h3-10,18H,2,11-13H2,1H3,(H,23,28)(H2,24,25,27,29)/t18-/m0/s1. The van der Waals surface area contributed by atoms with Crippen molar-refractivity contribution < 1.29 is 23.5 Å². The Hall–Kier alpha value is -3.62. The van der Waals surface area contributed by atoms with E-state index in [1.54, 1.807) is 35.2 Å². The van der Waals surface area contributed by atoms with Crippen LogP contribution in [-0.2, 0) is 9.59 Å². The molecule has 30 heavy (non-hydrogen) atoms. The third-order valence-corrected chi connectivity index (χ3v) is 4.41. The number of carbonyl (C=O) groups excluding carboxylic acids is 3. The number of amides is 4. The number of anilines is 2. The molecule has 2 aromatic rings. The maximum atomic E-state index is 13.6. The molecule has 1 aliphatic rings. The van der Waals surface area contributed by atoms with Gasteiger partial charge in [-0.1, -0.05) is 31.2 Å². The maximum Gasteiger partial charge on any atom is 0.326 e. The molecular weight excluding hydrogens is 391 g/mol. The molecule has 0 unspecified atom stereocenters. The number of para-hydroxylation sites is 3. The fourth-order valence-electron chi connectivity index (χ4n) is 3.01. The number of nitrogens with one attached hydrogen (secondary N) is 3. The Balaban J connectivity index is 1.65. The fourth-order valence-corrected chi connectivity index (χ4v) is 3.01. The van der Waals surface area contributed by atoms with Crippen molar-refractivity contribution in [2.24, 2.45) is 0 Å². The van der Waals surface area contributed by atoms with E-state index in [0.29, 0.717) is 18.0 Å². The van der Waals surface area contributed by atoms with E-state index < -0.39 is 23.9 Å². The lowest BCUT2D eigenvalue weighted by Crippen LogP contribution is -2.52. The van der Waals surface area contributed by atoms with Crippen LogP contribution in [0, 0.1) is 5.82 Å². The second kappa shape index (κ2) is 9.73. The van der Waals surface area contributed by atoms with Crippen LogP contribution in [0.2, 0.25) is 0 Å². The van der Waals surface area contributed by atoms with Crippen molar-refractivity contribution in [2.75, 3.05) is 29.9 Å². The number of benzene rings is 2. The third-order valence-electron chi connectivity index (χ3n) is 4.41. The molecule has 0 spiro atoms. The van der Waals surface area contributed by atoms with Gasteiger partial charge < -0.3 is 20.3 Å². The molecular formula is C21H23FN4O4. The first kappa shape index (κ1) is 21.1. The fraction of sp³-hybridized carbons (Fsp3) is 0.286. The summed E-state index contributed by atoms with van der Waals surface area (Å²) >= 11 is 0. The van der Waals surface area contributed by atoms with Gasteiger partial charge in [0.05, 0.1) is 24.5 Å². The van der Waals surface area contributed by atoms with Gasteiger partial charge in [-0.2, -0.15) is 0 Å². The number of hydrogen-bond donors (Lipinski definition) is 3. The van der Waals surface area contributed by atoms with E-state index in [1.807, 2.05) is 6.92 Å². The SMILES string of the molecule is CCCNC(=O)[C@@H]1CN(CC(=O)NC(=O)Nc2ccccc2F)c2ccccc2O1. The van der Waals surface area contributed by atoms with Gasteiger partial charge in [0.25, 0.3) is 5.91 Å². The van der Waals surface area contributed by atoms with Gasteiger partial charge in [0, 0.05) is 6.54 Å². The monoisotopic (exact) mass is 414 g/mol. The lowest BCUT2D eigenvalue weighted by Gasteiger charge is -2.35. The lowest BCUT2D eigenvalue weighted by molar-refractivity contribution is -0.128. The molecule has 0 saturated carbocycles. The highest BCUT2D eigenvalue weighted by Gasteiger charge is 2.31. The van der Waals surface area contributed by atoms with Gasteiger partial charge in [0.15, 0.2) is 6.10 Å². The minimum Gasteiger partial charge on any atom is -0.477 e. The average Bonchev–Trinajstić information content (AvgIpc) is 2.73. The minimum absolute atomic E-state index is 0.0350. The van der Waals surface area contributed by atoms with Gasteiger partial charge in [-0.25, -0.2) is 9.18 Å². The van der Waals surface area contributed by atoms with Gasteiger partial charge in [-0.05, 0) is 30.7 Å². The molecule has 8 nitrogen and oxygen atoms in total. The quantitative estimate of drug-likeness (QED) is 0.673.